The fourth-order valence-corrected chi connectivity index (χ4v) is 6.03. The summed E-state index contributed by atoms with van der Waals surface area (Å²) in [7, 11) is 0. The standard InChI is InChI=1S/C33H25ClFN5O3S2/c1-20-39-40-33(44-20)38-32(43)29(21-10-4-2-5-11-21)45-24-15-8-14-23(18-24)36-31(42)28(19-25-26(34)16-9-17-27(25)35)37-30(41)22-12-6-3-7-13-22/h2-19,29H,1H3,(H,36,42)(H,37,41)(H,38,40,43)/b28-19+. The predicted octanol–water partition coefficient (Wildman–Crippen LogP) is 7.52. The molecule has 8 nitrogen and oxygen atoms in total. The Morgan fingerprint density at radius 2 is 1.60 bits per heavy atom. The highest BCUT2D eigenvalue weighted by atomic mass is 35.5. The summed E-state index contributed by atoms with van der Waals surface area (Å²) < 4.78 is 14.7. The molecule has 1 aromatic heterocycles. The molecule has 0 aliphatic heterocycles. The lowest BCUT2D eigenvalue weighted by atomic mass is 10.1. The Labute approximate surface area is 271 Å². The molecule has 12 heteroatoms. The van der Waals surface area contributed by atoms with Crippen molar-refractivity contribution in [3.05, 3.63) is 141 Å². The first-order valence-corrected chi connectivity index (χ1v) is 15.6. The molecule has 3 amide bonds. The van der Waals surface area contributed by atoms with E-state index in [2.05, 4.69) is 26.1 Å². The number of anilines is 2. The monoisotopic (exact) mass is 657 g/mol. The third-order valence-electron chi connectivity index (χ3n) is 6.26. The Morgan fingerprint density at radius 3 is 2.29 bits per heavy atom. The third kappa shape index (κ3) is 8.42. The van der Waals surface area contributed by atoms with Gasteiger partial charge in [-0.25, -0.2) is 4.39 Å². The van der Waals surface area contributed by atoms with Crippen LogP contribution in [0.15, 0.2) is 114 Å². The molecule has 1 atom stereocenters. The summed E-state index contributed by atoms with van der Waals surface area (Å²) in [6.07, 6.45) is 1.19. The van der Waals surface area contributed by atoms with Gasteiger partial charge in [-0.2, -0.15) is 0 Å². The maximum Gasteiger partial charge on any atom is 0.272 e. The van der Waals surface area contributed by atoms with Gasteiger partial charge in [0.15, 0.2) is 0 Å². The highest BCUT2D eigenvalue weighted by molar-refractivity contribution is 8.00. The van der Waals surface area contributed by atoms with Crippen LogP contribution < -0.4 is 16.0 Å². The van der Waals surface area contributed by atoms with Crippen molar-refractivity contribution in [2.75, 3.05) is 10.6 Å². The van der Waals surface area contributed by atoms with Crippen LogP contribution in [0.4, 0.5) is 15.2 Å². The van der Waals surface area contributed by atoms with Crippen molar-refractivity contribution in [3.63, 3.8) is 0 Å². The van der Waals surface area contributed by atoms with Crippen LogP contribution in [-0.2, 0) is 9.59 Å². The van der Waals surface area contributed by atoms with Gasteiger partial charge < -0.3 is 10.6 Å². The molecule has 0 saturated carbocycles. The van der Waals surface area contributed by atoms with Crippen molar-refractivity contribution in [2.24, 2.45) is 0 Å². The summed E-state index contributed by atoms with van der Waals surface area (Å²) in [5.74, 6) is -2.21. The van der Waals surface area contributed by atoms with E-state index in [0.717, 1.165) is 10.6 Å². The highest BCUT2D eigenvalue weighted by Gasteiger charge is 2.24. The Kier molecular flexibility index (Phi) is 10.4. The number of hydrogen-bond donors (Lipinski definition) is 3. The first kappa shape index (κ1) is 31.6. The lowest BCUT2D eigenvalue weighted by Crippen LogP contribution is -2.30. The Hall–Kier alpha value is -4.84. The van der Waals surface area contributed by atoms with Gasteiger partial charge in [0.25, 0.3) is 11.8 Å². The Bertz CT molecular complexity index is 1850. The molecule has 0 bridgehead atoms. The lowest BCUT2D eigenvalue weighted by molar-refractivity contribution is -0.116. The van der Waals surface area contributed by atoms with Crippen molar-refractivity contribution in [1.29, 1.82) is 0 Å². The number of nitrogens with one attached hydrogen (secondary N) is 3. The smallest absolute Gasteiger partial charge is 0.272 e. The molecule has 0 radical (unpaired) electrons. The molecule has 0 aliphatic carbocycles. The van der Waals surface area contributed by atoms with Crippen molar-refractivity contribution in [2.45, 2.75) is 17.1 Å². The van der Waals surface area contributed by atoms with Gasteiger partial charge in [-0.15, -0.1) is 22.0 Å². The first-order chi connectivity index (χ1) is 21.8. The fourth-order valence-electron chi connectivity index (χ4n) is 4.14. The minimum absolute atomic E-state index is 0.0516. The molecule has 5 rings (SSSR count). The van der Waals surface area contributed by atoms with Crippen LogP contribution in [0.5, 0.6) is 0 Å². The van der Waals surface area contributed by atoms with Gasteiger partial charge in [0.05, 0.1) is 5.02 Å². The number of aryl methyl sites for hydroxylation is 1. The van der Waals surface area contributed by atoms with E-state index in [1.807, 2.05) is 36.4 Å². The van der Waals surface area contributed by atoms with Crippen LogP contribution in [0.25, 0.3) is 6.08 Å². The summed E-state index contributed by atoms with van der Waals surface area (Å²) in [4.78, 5) is 40.6. The minimum Gasteiger partial charge on any atom is -0.321 e. The number of amides is 3. The quantitative estimate of drug-likeness (QED) is 0.106. The van der Waals surface area contributed by atoms with Crippen LogP contribution in [-0.4, -0.2) is 27.9 Å². The molecule has 1 heterocycles. The van der Waals surface area contributed by atoms with E-state index in [1.54, 1.807) is 55.5 Å². The van der Waals surface area contributed by atoms with E-state index < -0.39 is 22.9 Å². The van der Waals surface area contributed by atoms with E-state index in [1.165, 1.54) is 47.4 Å². The SMILES string of the molecule is Cc1nnc(NC(=O)C(Sc2cccc(NC(=O)/C(=C\c3c(F)cccc3Cl)NC(=O)c3ccccc3)c2)c2ccccc2)s1. The number of rotatable bonds is 10. The molecule has 5 aromatic rings. The van der Waals surface area contributed by atoms with Crippen molar-refractivity contribution in [1.82, 2.24) is 15.5 Å². The zero-order valence-electron chi connectivity index (χ0n) is 23.7. The van der Waals surface area contributed by atoms with Gasteiger partial charge in [0.1, 0.15) is 21.8 Å². The molecule has 45 heavy (non-hydrogen) atoms. The topological polar surface area (TPSA) is 113 Å². The van der Waals surface area contributed by atoms with Gasteiger partial charge in [-0.3, -0.25) is 19.7 Å². The highest BCUT2D eigenvalue weighted by Crippen LogP contribution is 2.37. The van der Waals surface area contributed by atoms with Gasteiger partial charge >= 0.3 is 0 Å². The van der Waals surface area contributed by atoms with Crippen molar-refractivity contribution >= 4 is 69.3 Å². The molecule has 0 aliphatic rings. The van der Waals surface area contributed by atoms with Crippen LogP contribution in [0.2, 0.25) is 5.02 Å². The number of hydrogen-bond acceptors (Lipinski definition) is 7. The molecule has 4 aromatic carbocycles. The van der Waals surface area contributed by atoms with Gasteiger partial charge in [0, 0.05) is 21.7 Å². The van der Waals surface area contributed by atoms with Crippen molar-refractivity contribution < 1.29 is 18.8 Å². The van der Waals surface area contributed by atoms with Gasteiger partial charge in [0.2, 0.25) is 11.0 Å². The second kappa shape index (κ2) is 14.8. The second-order valence-electron chi connectivity index (χ2n) is 9.52. The largest absolute Gasteiger partial charge is 0.321 e. The van der Waals surface area contributed by atoms with Gasteiger partial charge in [-0.05, 0) is 61.0 Å². The van der Waals surface area contributed by atoms with Gasteiger partial charge in [-0.1, -0.05) is 83.6 Å². The summed E-state index contributed by atoms with van der Waals surface area (Å²) in [5.41, 5.74) is 1.19. The van der Waals surface area contributed by atoms with E-state index >= 15 is 0 Å². The zero-order chi connectivity index (χ0) is 31.8. The van der Waals surface area contributed by atoms with Crippen LogP contribution >= 0.6 is 34.7 Å². The van der Waals surface area contributed by atoms with Crippen molar-refractivity contribution in [3.8, 4) is 0 Å². The third-order valence-corrected chi connectivity index (χ3v) is 8.59. The number of nitrogens with zero attached hydrogens (tertiary/aromatic N) is 2. The molecule has 226 valence electrons. The Balaban J connectivity index is 1.39. The van der Waals surface area contributed by atoms with Crippen LogP contribution in [0.3, 0.4) is 0 Å². The number of carbonyl (C=O) groups excluding carboxylic acids is 3. The number of aromatic nitrogens is 2. The molecule has 1 unspecified atom stereocenters. The average Bonchev–Trinajstić information content (AvgIpc) is 3.46. The summed E-state index contributed by atoms with van der Waals surface area (Å²) in [6.45, 7) is 1.80. The number of benzene rings is 4. The number of thioether (sulfide) groups is 1. The molecule has 0 spiro atoms. The second-order valence-corrected chi connectivity index (χ2v) is 12.3. The maximum absolute atomic E-state index is 14.7. The fraction of sp³-hybridized carbons (Fsp3) is 0.0606. The van der Waals surface area contributed by atoms with E-state index in [-0.39, 0.29) is 22.2 Å². The summed E-state index contributed by atoms with van der Waals surface area (Å²) in [6, 6.07) is 28.6. The summed E-state index contributed by atoms with van der Waals surface area (Å²) in [5, 5.41) is 16.7. The number of carbonyl (C=O) groups is 3. The summed E-state index contributed by atoms with van der Waals surface area (Å²) >= 11 is 8.77. The Morgan fingerprint density at radius 1 is 0.889 bits per heavy atom. The molecule has 0 saturated heterocycles. The molecular formula is C33H25ClFN5O3S2. The zero-order valence-corrected chi connectivity index (χ0v) is 26.1. The van der Waals surface area contributed by atoms with E-state index in [9.17, 15) is 18.8 Å². The number of halogens is 2. The van der Waals surface area contributed by atoms with E-state index in [4.69, 9.17) is 11.6 Å². The molecule has 3 N–H and O–H groups in total. The van der Waals surface area contributed by atoms with Crippen LogP contribution in [0, 0.1) is 12.7 Å². The average molecular weight is 658 g/mol. The molecule has 0 fully saturated rings. The minimum atomic E-state index is -0.704. The molecular weight excluding hydrogens is 633 g/mol. The first-order valence-electron chi connectivity index (χ1n) is 13.5. The van der Waals surface area contributed by atoms with Crippen LogP contribution in [0.1, 0.15) is 31.7 Å². The maximum atomic E-state index is 14.7. The predicted molar refractivity (Wildman–Crippen MR) is 177 cm³/mol. The van der Waals surface area contributed by atoms with E-state index in [0.29, 0.717) is 21.3 Å². The normalized spacial score (nSPS) is 11.8. The lowest BCUT2D eigenvalue weighted by Gasteiger charge is -2.17.